The molecule has 0 saturated heterocycles. The highest BCUT2D eigenvalue weighted by Gasteiger charge is 2.17. The maximum Gasteiger partial charge on any atom is 0.258 e. The molecule has 9 heteroatoms. The molecule has 0 aliphatic rings. The topological polar surface area (TPSA) is 90.0 Å². The number of nitrogens with zero attached hydrogens (tertiary/aromatic N) is 5. The number of amides is 1. The first-order valence-electron chi connectivity index (χ1n) is 11.2. The number of likely N-dealkylation sites (N-methyl/N-ethyl adjacent to an activating group) is 2. The van der Waals surface area contributed by atoms with E-state index in [1.54, 1.807) is 36.4 Å². The lowest BCUT2D eigenvalue weighted by atomic mass is 10.2. The molecule has 4 rings (SSSR count). The zero-order chi connectivity index (χ0) is 24.1. The van der Waals surface area contributed by atoms with E-state index >= 15 is 0 Å². The van der Waals surface area contributed by atoms with Crippen molar-refractivity contribution in [2.24, 2.45) is 0 Å². The molecule has 0 unspecified atom stereocenters. The van der Waals surface area contributed by atoms with E-state index in [1.807, 2.05) is 18.2 Å². The van der Waals surface area contributed by atoms with Crippen molar-refractivity contribution in [1.82, 2.24) is 24.8 Å². The number of aromatic amines is 1. The quantitative estimate of drug-likeness (QED) is 0.347. The Morgan fingerprint density at radius 2 is 1.85 bits per heavy atom. The van der Waals surface area contributed by atoms with Crippen molar-refractivity contribution in [2.45, 2.75) is 11.8 Å². The minimum atomic E-state index is -0.230. The fraction of sp³-hybridized carbons (Fsp3) is 0.280. The van der Waals surface area contributed by atoms with Crippen LogP contribution in [0.1, 0.15) is 17.3 Å². The number of aromatic nitrogens is 4. The summed E-state index contributed by atoms with van der Waals surface area (Å²) in [6.07, 6.45) is 5.00. The van der Waals surface area contributed by atoms with Crippen LogP contribution < -0.4 is 10.2 Å². The first-order chi connectivity index (χ1) is 16.5. The van der Waals surface area contributed by atoms with Gasteiger partial charge in [0.1, 0.15) is 5.82 Å². The monoisotopic (exact) mass is 475 g/mol. The first-order valence-corrected chi connectivity index (χ1v) is 12.1. The molecule has 0 fully saturated rings. The van der Waals surface area contributed by atoms with Gasteiger partial charge in [-0.1, -0.05) is 6.92 Å². The van der Waals surface area contributed by atoms with Crippen molar-refractivity contribution in [3.05, 3.63) is 60.6 Å². The summed E-state index contributed by atoms with van der Waals surface area (Å²) in [5, 5.41) is 2.99. The molecule has 0 radical (unpaired) electrons. The maximum atomic E-state index is 13.1. The Hall–Kier alpha value is -3.43. The maximum absolute atomic E-state index is 13.1. The summed E-state index contributed by atoms with van der Waals surface area (Å²) in [5.41, 5.74) is 4.36. The average molecular weight is 476 g/mol. The highest BCUT2D eigenvalue weighted by molar-refractivity contribution is 7.99. The van der Waals surface area contributed by atoms with Crippen LogP contribution in [0, 0.1) is 0 Å². The molecule has 0 saturated carbocycles. The number of hydrogen-bond acceptors (Lipinski definition) is 7. The summed E-state index contributed by atoms with van der Waals surface area (Å²) >= 11 is 1.66. The van der Waals surface area contributed by atoms with Crippen molar-refractivity contribution in [3.8, 4) is 11.4 Å². The number of carbonyl (C=O) groups is 1. The van der Waals surface area contributed by atoms with Crippen LogP contribution in [-0.2, 0) is 0 Å². The zero-order valence-electron chi connectivity index (χ0n) is 19.9. The fourth-order valence-corrected chi connectivity index (χ4v) is 4.26. The lowest BCUT2D eigenvalue weighted by molar-refractivity contribution is 0.102. The van der Waals surface area contributed by atoms with E-state index in [-0.39, 0.29) is 5.91 Å². The Morgan fingerprint density at radius 3 is 2.59 bits per heavy atom. The molecule has 1 aromatic carbocycles. The van der Waals surface area contributed by atoms with Gasteiger partial charge in [-0.2, -0.15) is 0 Å². The van der Waals surface area contributed by atoms with Crippen LogP contribution in [0.5, 0.6) is 0 Å². The number of pyridine rings is 2. The number of carbonyl (C=O) groups excluding carboxylic acids is 1. The highest BCUT2D eigenvalue weighted by atomic mass is 32.2. The van der Waals surface area contributed by atoms with Gasteiger partial charge in [0.15, 0.2) is 5.65 Å². The van der Waals surface area contributed by atoms with E-state index < -0.39 is 0 Å². The Labute approximate surface area is 203 Å². The number of imidazole rings is 1. The first kappa shape index (κ1) is 23.7. The van der Waals surface area contributed by atoms with Crippen LogP contribution in [0.3, 0.4) is 0 Å². The van der Waals surface area contributed by atoms with E-state index in [4.69, 9.17) is 0 Å². The SMILES string of the molecule is CCSc1ccncc1NC(=O)c1ccnc2nc(-c3ccc(N(C)CCN(C)C)cc3)[nH]c12. The number of hydrogen-bond donors (Lipinski definition) is 2. The van der Waals surface area contributed by atoms with E-state index in [1.165, 1.54) is 0 Å². The molecule has 4 aromatic rings. The van der Waals surface area contributed by atoms with Crippen LogP contribution in [0.25, 0.3) is 22.6 Å². The predicted molar refractivity (Wildman–Crippen MR) is 140 cm³/mol. The van der Waals surface area contributed by atoms with Crippen LogP contribution in [0.15, 0.2) is 59.9 Å². The van der Waals surface area contributed by atoms with Gasteiger partial charge in [-0.3, -0.25) is 9.78 Å². The lowest BCUT2D eigenvalue weighted by Gasteiger charge is -2.21. The Morgan fingerprint density at radius 1 is 1.06 bits per heavy atom. The van der Waals surface area contributed by atoms with Gasteiger partial charge in [-0.15, -0.1) is 11.8 Å². The summed E-state index contributed by atoms with van der Waals surface area (Å²) in [7, 11) is 6.23. The van der Waals surface area contributed by atoms with Gasteiger partial charge in [-0.25, -0.2) is 9.97 Å². The highest BCUT2D eigenvalue weighted by Crippen LogP contribution is 2.28. The second kappa shape index (κ2) is 10.7. The minimum Gasteiger partial charge on any atom is -0.373 e. The van der Waals surface area contributed by atoms with Gasteiger partial charge >= 0.3 is 0 Å². The summed E-state index contributed by atoms with van der Waals surface area (Å²) < 4.78 is 0. The van der Waals surface area contributed by atoms with Crippen LogP contribution in [0.2, 0.25) is 0 Å². The van der Waals surface area contributed by atoms with Crippen LogP contribution in [0.4, 0.5) is 11.4 Å². The standard InChI is InChI=1S/C25H29N7OS/c1-5-34-21-11-12-26-16-20(21)28-25(33)19-10-13-27-24-22(19)29-23(30-24)17-6-8-18(9-7-17)32(4)15-14-31(2)3/h6-13,16H,5,14-15H2,1-4H3,(H,28,33)(H,27,29,30). The number of rotatable bonds is 9. The van der Waals surface area contributed by atoms with E-state index in [9.17, 15) is 4.79 Å². The van der Waals surface area contributed by atoms with Gasteiger partial charge in [-0.05, 0) is 56.2 Å². The second-order valence-corrected chi connectivity index (χ2v) is 9.48. The molecule has 3 aromatic heterocycles. The summed E-state index contributed by atoms with van der Waals surface area (Å²) in [5.74, 6) is 1.35. The molecule has 0 spiro atoms. The van der Waals surface area contributed by atoms with Crippen molar-refractivity contribution in [2.75, 3.05) is 50.2 Å². The molecular formula is C25H29N7OS. The van der Waals surface area contributed by atoms with Crippen molar-refractivity contribution in [1.29, 1.82) is 0 Å². The number of fused-ring (bicyclic) bond motifs is 1. The molecule has 34 heavy (non-hydrogen) atoms. The molecule has 2 N–H and O–H groups in total. The van der Waals surface area contributed by atoms with Gasteiger partial charge in [0.25, 0.3) is 5.91 Å². The van der Waals surface area contributed by atoms with Crippen molar-refractivity contribution >= 4 is 40.2 Å². The Balaban J connectivity index is 1.57. The largest absolute Gasteiger partial charge is 0.373 e. The molecule has 0 atom stereocenters. The third-order valence-corrected chi connectivity index (χ3v) is 6.39. The second-order valence-electron chi connectivity index (χ2n) is 8.17. The van der Waals surface area contributed by atoms with Gasteiger partial charge in [0, 0.05) is 48.7 Å². The normalized spacial score (nSPS) is 11.2. The fourth-order valence-electron chi connectivity index (χ4n) is 3.54. The summed E-state index contributed by atoms with van der Waals surface area (Å²) in [4.78, 5) is 34.9. The molecule has 0 bridgehead atoms. The number of nitrogens with one attached hydrogen (secondary N) is 2. The summed E-state index contributed by atoms with van der Waals surface area (Å²) in [6, 6.07) is 11.8. The molecular weight excluding hydrogens is 446 g/mol. The number of benzene rings is 1. The lowest BCUT2D eigenvalue weighted by Crippen LogP contribution is -2.28. The van der Waals surface area contributed by atoms with E-state index in [0.717, 1.165) is 35.0 Å². The van der Waals surface area contributed by atoms with Gasteiger partial charge in [0.05, 0.1) is 23.0 Å². The van der Waals surface area contributed by atoms with Crippen molar-refractivity contribution < 1.29 is 4.79 Å². The molecule has 1 amide bonds. The van der Waals surface area contributed by atoms with Crippen molar-refractivity contribution in [3.63, 3.8) is 0 Å². The molecule has 3 heterocycles. The van der Waals surface area contributed by atoms with E-state index in [2.05, 4.69) is 75.3 Å². The molecule has 0 aliphatic carbocycles. The molecule has 8 nitrogen and oxygen atoms in total. The number of thioether (sulfide) groups is 1. The third-order valence-electron chi connectivity index (χ3n) is 5.43. The zero-order valence-corrected chi connectivity index (χ0v) is 20.7. The van der Waals surface area contributed by atoms with Gasteiger partial charge < -0.3 is 20.1 Å². The Kier molecular flexibility index (Phi) is 7.44. The molecule has 176 valence electrons. The Bertz CT molecular complexity index is 1270. The molecule has 0 aliphatic heterocycles. The van der Waals surface area contributed by atoms with Crippen LogP contribution >= 0.6 is 11.8 Å². The average Bonchev–Trinajstić information content (AvgIpc) is 3.28. The number of anilines is 2. The number of H-pyrrole nitrogens is 1. The smallest absolute Gasteiger partial charge is 0.258 e. The van der Waals surface area contributed by atoms with E-state index in [0.29, 0.717) is 28.2 Å². The van der Waals surface area contributed by atoms with Crippen LogP contribution in [-0.4, -0.2) is 70.7 Å². The minimum absolute atomic E-state index is 0.230. The summed E-state index contributed by atoms with van der Waals surface area (Å²) in [6.45, 7) is 3.99. The van der Waals surface area contributed by atoms with Gasteiger partial charge in [0.2, 0.25) is 0 Å². The third kappa shape index (κ3) is 5.37. The predicted octanol–water partition coefficient (Wildman–Crippen LogP) is 4.38.